The lowest BCUT2D eigenvalue weighted by molar-refractivity contribution is 0.463. The van der Waals surface area contributed by atoms with Crippen LogP contribution < -0.4 is 5.73 Å². The van der Waals surface area contributed by atoms with Crippen molar-refractivity contribution in [3.05, 3.63) is 28.8 Å². The SMILES string of the molecule is Cc1cc(O)c(C(C)C)cc1C1(CN)CC1. The number of hydrogen-bond acceptors (Lipinski definition) is 2. The molecule has 1 aromatic rings. The van der Waals surface area contributed by atoms with Crippen molar-refractivity contribution in [1.82, 2.24) is 0 Å². The number of aromatic hydroxyl groups is 1. The van der Waals surface area contributed by atoms with Gasteiger partial charge in [0.05, 0.1) is 0 Å². The van der Waals surface area contributed by atoms with Gasteiger partial charge < -0.3 is 10.8 Å². The van der Waals surface area contributed by atoms with Crippen molar-refractivity contribution >= 4 is 0 Å². The molecule has 0 heterocycles. The van der Waals surface area contributed by atoms with Gasteiger partial charge in [-0.3, -0.25) is 0 Å². The average molecular weight is 219 g/mol. The maximum atomic E-state index is 9.91. The molecule has 0 aromatic heterocycles. The Bertz CT molecular complexity index is 405. The first kappa shape index (κ1) is 11.5. The lowest BCUT2D eigenvalue weighted by Crippen LogP contribution is -2.21. The highest BCUT2D eigenvalue weighted by Gasteiger charge is 2.44. The highest BCUT2D eigenvalue weighted by molar-refractivity contribution is 5.48. The summed E-state index contributed by atoms with van der Waals surface area (Å²) in [7, 11) is 0. The molecule has 2 heteroatoms. The average Bonchev–Trinajstić information content (AvgIpc) is 2.98. The quantitative estimate of drug-likeness (QED) is 0.821. The molecule has 0 unspecified atom stereocenters. The minimum atomic E-state index is 0.210. The Kier molecular flexibility index (Phi) is 2.70. The summed E-state index contributed by atoms with van der Waals surface area (Å²) in [4.78, 5) is 0. The summed E-state index contributed by atoms with van der Waals surface area (Å²) in [6, 6.07) is 4.05. The first-order chi connectivity index (χ1) is 7.50. The van der Waals surface area contributed by atoms with E-state index in [-0.39, 0.29) is 5.41 Å². The minimum absolute atomic E-state index is 0.210. The first-order valence-corrected chi connectivity index (χ1v) is 6.04. The highest BCUT2D eigenvalue weighted by Crippen LogP contribution is 2.49. The third-order valence-corrected chi connectivity index (χ3v) is 3.81. The van der Waals surface area contributed by atoms with Crippen molar-refractivity contribution in [1.29, 1.82) is 0 Å². The Morgan fingerprint density at radius 2 is 2.00 bits per heavy atom. The summed E-state index contributed by atoms with van der Waals surface area (Å²) in [6.45, 7) is 7.00. The molecule has 0 bridgehead atoms. The van der Waals surface area contributed by atoms with E-state index in [9.17, 15) is 5.11 Å². The number of aryl methyl sites for hydroxylation is 1. The van der Waals surface area contributed by atoms with Gasteiger partial charge in [0.2, 0.25) is 0 Å². The van der Waals surface area contributed by atoms with Crippen molar-refractivity contribution in [2.75, 3.05) is 6.54 Å². The summed E-state index contributed by atoms with van der Waals surface area (Å²) in [5.41, 5.74) is 9.64. The topological polar surface area (TPSA) is 46.2 Å². The molecule has 0 atom stereocenters. The van der Waals surface area contributed by atoms with Crippen molar-refractivity contribution in [2.24, 2.45) is 5.73 Å². The molecular weight excluding hydrogens is 198 g/mol. The van der Waals surface area contributed by atoms with Gasteiger partial charge in [0, 0.05) is 12.0 Å². The van der Waals surface area contributed by atoms with E-state index in [1.807, 2.05) is 6.07 Å². The molecule has 88 valence electrons. The molecule has 0 amide bonds. The van der Waals surface area contributed by atoms with Gasteiger partial charge >= 0.3 is 0 Å². The Labute approximate surface area is 97.5 Å². The second-order valence-corrected chi connectivity index (χ2v) is 5.37. The van der Waals surface area contributed by atoms with Gasteiger partial charge in [-0.2, -0.15) is 0 Å². The molecule has 1 saturated carbocycles. The van der Waals surface area contributed by atoms with E-state index < -0.39 is 0 Å². The fourth-order valence-corrected chi connectivity index (χ4v) is 2.48. The molecule has 1 aromatic carbocycles. The number of phenolic OH excluding ortho intramolecular Hbond substituents is 1. The van der Waals surface area contributed by atoms with Gasteiger partial charge in [0.1, 0.15) is 5.75 Å². The predicted molar refractivity (Wildman–Crippen MR) is 66.9 cm³/mol. The summed E-state index contributed by atoms with van der Waals surface area (Å²) in [5.74, 6) is 0.775. The van der Waals surface area contributed by atoms with Gasteiger partial charge in [0.25, 0.3) is 0 Å². The zero-order valence-electron chi connectivity index (χ0n) is 10.4. The van der Waals surface area contributed by atoms with Crippen molar-refractivity contribution in [3.8, 4) is 5.75 Å². The van der Waals surface area contributed by atoms with Crippen molar-refractivity contribution in [2.45, 2.75) is 44.9 Å². The lowest BCUT2D eigenvalue weighted by atomic mass is 9.87. The molecule has 0 aliphatic heterocycles. The summed E-state index contributed by atoms with van der Waals surface area (Å²) < 4.78 is 0. The normalized spacial score (nSPS) is 17.8. The molecule has 2 rings (SSSR count). The maximum absolute atomic E-state index is 9.91. The van der Waals surface area contributed by atoms with Crippen molar-refractivity contribution < 1.29 is 5.11 Å². The van der Waals surface area contributed by atoms with Gasteiger partial charge in [-0.05, 0) is 48.4 Å². The fourth-order valence-electron chi connectivity index (χ4n) is 2.48. The standard InChI is InChI=1S/C14H21NO/c1-9(2)11-7-12(10(3)6-13(11)16)14(8-15)4-5-14/h6-7,9,16H,4-5,8,15H2,1-3H3. The van der Waals surface area contributed by atoms with Crippen LogP contribution in [-0.2, 0) is 5.41 Å². The van der Waals surface area contributed by atoms with E-state index in [1.54, 1.807) is 0 Å². The molecule has 3 N–H and O–H groups in total. The van der Waals surface area contributed by atoms with Gasteiger partial charge in [0.15, 0.2) is 0 Å². The van der Waals surface area contributed by atoms with Crippen LogP contribution in [0.15, 0.2) is 12.1 Å². The van der Waals surface area contributed by atoms with Crippen LogP contribution in [0.2, 0.25) is 0 Å². The monoisotopic (exact) mass is 219 g/mol. The molecule has 1 aliphatic carbocycles. The second kappa shape index (κ2) is 3.77. The lowest BCUT2D eigenvalue weighted by Gasteiger charge is -2.19. The minimum Gasteiger partial charge on any atom is -0.508 e. The summed E-state index contributed by atoms with van der Waals surface area (Å²) >= 11 is 0. The molecule has 16 heavy (non-hydrogen) atoms. The first-order valence-electron chi connectivity index (χ1n) is 6.04. The van der Waals surface area contributed by atoms with Crippen LogP contribution in [0.25, 0.3) is 0 Å². The molecule has 1 fully saturated rings. The van der Waals surface area contributed by atoms with Crippen LogP contribution in [0.1, 0.15) is 49.3 Å². The largest absolute Gasteiger partial charge is 0.508 e. The molecule has 0 spiro atoms. The number of hydrogen-bond donors (Lipinski definition) is 2. The highest BCUT2D eigenvalue weighted by atomic mass is 16.3. The third kappa shape index (κ3) is 1.71. The van der Waals surface area contributed by atoms with Crippen LogP contribution in [0.3, 0.4) is 0 Å². The van der Waals surface area contributed by atoms with Gasteiger partial charge in [-0.25, -0.2) is 0 Å². The Balaban J connectivity index is 2.50. The van der Waals surface area contributed by atoms with E-state index in [0.29, 0.717) is 11.7 Å². The zero-order chi connectivity index (χ0) is 11.9. The zero-order valence-corrected chi connectivity index (χ0v) is 10.4. The second-order valence-electron chi connectivity index (χ2n) is 5.37. The van der Waals surface area contributed by atoms with E-state index in [4.69, 9.17) is 5.73 Å². The number of benzene rings is 1. The van der Waals surface area contributed by atoms with E-state index >= 15 is 0 Å². The van der Waals surface area contributed by atoms with Crippen molar-refractivity contribution in [3.63, 3.8) is 0 Å². The van der Waals surface area contributed by atoms with Crippen LogP contribution in [0, 0.1) is 6.92 Å². The molecular formula is C14H21NO. The van der Waals surface area contributed by atoms with Gasteiger partial charge in [-0.1, -0.05) is 19.9 Å². The molecule has 2 nitrogen and oxygen atoms in total. The van der Waals surface area contributed by atoms with Crippen LogP contribution in [-0.4, -0.2) is 11.7 Å². The number of phenols is 1. The molecule has 0 saturated heterocycles. The Hall–Kier alpha value is -1.02. The van der Waals surface area contributed by atoms with E-state index in [2.05, 4.69) is 26.8 Å². The third-order valence-electron chi connectivity index (χ3n) is 3.81. The summed E-state index contributed by atoms with van der Waals surface area (Å²) in [6.07, 6.45) is 2.37. The smallest absolute Gasteiger partial charge is 0.119 e. The fraction of sp³-hybridized carbons (Fsp3) is 0.571. The Morgan fingerprint density at radius 3 is 2.44 bits per heavy atom. The predicted octanol–water partition coefficient (Wildman–Crippen LogP) is 2.81. The molecule has 1 aliphatic rings. The van der Waals surface area contributed by atoms with Crippen LogP contribution >= 0.6 is 0 Å². The van der Waals surface area contributed by atoms with Crippen LogP contribution in [0.4, 0.5) is 0 Å². The van der Waals surface area contributed by atoms with Gasteiger partial charge in [-0.15, -0.1) is 0 Å². The maximum Gasteiger partial charge on any atom is 0.119 e. The van der Waals surface area contributed by atoms with Crippen LogP contribution in [0.5, 0.6) is 5.75 Å². The molecule has 0 radical (unpaired) electrons. The number of nitrogens with two attached hydrogens (primary N) is 1. The summed E-state index contributed by atoms with van der Waals surface area (Å²) in [5, 5.41) is 9.91. The number of rotatable bonds is 3. The Morgan fingerprint density at radius 1 is 1.38 bits per heavy atom. The van der Waals surface area contributed by atoms with E-state index in [0.717, 1.165) is 12.1 Å². The van der Waals surface area contributed by atoms with E-state index in [1.165, 1.54) is 24.0 Å².